The van der Waals surface area contributed by atoms with Gasteiger partial charge in [-0.1, -0.05) is 20.4 Å². The molecule has 0 atom stereocenters. The molecule has 0 aromatic rings. The molecule has 0 unspecified atom stereocenters. The van der Waals surface area contributed by atoms with E-state index in [4.69, 9.17) is 9.84 Å². The van der Waals surface area contributed by atoms with Gasteiger partial charge in [-0.25, -0.2) is 4.79 Å². The predicted octanol–water partition coefficient (Wildman–Crippen LogP) is 2.35. The third-order valence-electron chi connectivity index (χ3n) is 3.32. The van der Waals surface area contributed by atoms with Gasteiger partial charge in [0.25, 0.3) is 0 Å². The third-order valence-corrected chi connectivity index (χ3v) is 3.32. The molecule has 0 aromatic heterocycles. The van der Waals surface area contributed by atoms with Gasteiger partial charge in [-0.15, -0.1) is 0 Å². The summed E-state index contributed by atoms with van der Waals surface area (Å²) < 4.78 is 5.09. The molecule has 0 aliphatic heterocycles. The summed E-state index contributed by atoms with van der Waals surface area (Å²) >= 11 is 0. The van der Waals surface area contributed by atoms with Crippen LogP contribution in [0, 0.1) is 5.41 Å². The van der Waals surface area contributed by atoms with Gasteiger partial charge in [0.15, 0.2) is 0 Å². The summed E-state index contributed by atoms with van der Waals surface area (Å²) in [6, 6.07) is 0. The number of ketones is 1. The minimum Gasteiger partial charge on any atom is -0.478 e. The number of rotatable bonds is 9. The molecule has 0 amide bonds. The number of hydrogen-bond acceptors (Lipinski definition) is 4. The fourth-order valence-electron chi connectivity index (χ4n) is 1.77. The van der Waals surface area contributed by atoms with E-state index in [1.54, 1.807) is 0 Å². The van der Waals surface area contributed by atoms with E-state index in [0.717, 1.165) is 0 Å². The molecular weight excluding hydrogens is 248 g/mol. The van der Waals surface area contributed by atoms with E-state index in [-0.39, 0.29) is 30.8 Å². The van der Waals surface area contributed by atoms with Gasteiger partial charge in [0, 0.05) is 11.0 Å². The zero-order valence-electron chi connectivity index (χ0n) is 11.8. The summed E-state index contributed by atoms with van der Waals surface area (Å²) in [4.78, 5) is 33.0. The molecule has 0 aromatic carbocycles. The van der Waals surface area contributed by atoms with Gasteiger partial charge >= 0.3 is 11.9 Å². The lowest BCUT2D eigenvalue weighted by atomic mass is 9.78. The number of carbonyl (C=O) groups is 3. The normalized spacial score (nSPS) is 10.9. The highest BCUT2D eigenvalue weighted by molar-refractivity contribution is 5.94. The molecule has 0 saturated heterocycles. The van der Waals surface area contributed by atoms with Crippen molar-refractivity contribution in [2.45, 2.75) is 46.5 Å². The van der Waals surface area contributed by atoms with Crippen LogP contribution in [0.3, 0.4) is 0 Å². The Kier molecular flexibility index (Phi) is 7.04. The molecule has 5 heteroatoms. The first-order chi connectivity index (χ1) is 8.76. The van der Waals surface area contributed by atoms with Gasteiger partial charge in [-0.3, -0.25) is 9.59 Å². The molecule has 0 radical (unpaired) electrons. The molecule has 0 saturated carbocycles. The Hall–Kier alpha value is -1.65. The van der Waals surface area contributed by atoms with E-state index in [1.165, 1.54) is 6.92 Å². The standard InChI is InChI=1S/C14H22O5/c1-5-14(6-2,8-10(3)13(17)18)9-19-12(16)7-11(4)15/h3,5-9H2,1-2,4H3,(H,17,18). The van der Waals surface area contributed by atoms with Crippen LogP contribution in [0.2, 0.25) is 0 Å². The zero-order chi connectivity index (χ0) is 15.1. The Labute approximate surface area is 113 Å². The predicted molar refractivity (Wildman–Crippen MR) is 70.7 cm³/mol. The van der Waals surface area contributed by atoms with E-state index in [2.05, 4.69) is 6.58 Å². The van der Waals surface area contributed by atoms with Crippen molar-refractivity contribution >= 4 is 17.7 Å². The maximum Gasteiger partial charge on any atom is 0.330 e. The number of Topliss-reactive ketones (excluding diaryl/α,β-unsaturated/α-hetero) is 1. The topological polar surface area (TPSA) is 80.7 Å². The summed E-state index contributed by atoms with van der Waals surface area (Å²) in [5, 5.41) is 8.88. The number of aliphatic carboxylic acids is 1. The molecule has 5 nitrogen and oxygen atoms in total. The first-order valence-electron chi connectivity index (χ1n) is 6.32. The van der Waals surface area contributed by atoms with Crippen molar-refractivity contribution in [3.63, 3.8) is 0 Å². The SMILES string of the molecule is C=C(CC(CC)(CC)COC(=O)CC(C)=O)C(=O)O. The first kappa shape index (κ1) is 17.4. The van der Waals surface area contributed by atoms with Crippen molar-refractivity contribution in [1.29, 1.82) is 0 Å². The van der Waals surface area contributed by atoms with Crippen LogP contribution in [-0.2, 0) is 19.1 Å². The van der Waals surface area contributed by atoms with Crippen LogP contribution in [0.4, 0.5) is 0 Å². The minimum absolute atomic E-state index is 0.103. The van der Waals surface area contributed by atoms with Crippen molar-refractivity contribution in [3.8, 4) is 0 Å². The summed E-state index contributed by atoms with van der Waals surface area (Å²) in [5.41, 5.74) is -0.326. The lowest BCUT2D eigenvalue weighted by Crippen LogP contribution is -2.29. The lowest BCUT2D eigenvalue weighted by Gasteiger charge is -2.31. The van der Waals surface area contributed by atoms with Crippen LogP contribution in [0.5, 0.6) is 0 Å². The fraction of sp³-hybridized carbons (Fsp3) is 0.643. The molecule has 108 valence electrons. The molecule has 0 bridgehead atoms. The maximum absolute atomic E-state index is 11.4. The highest BCUT2D eigenvalue weighted by Gasteiger charge is 2.30. The second-order valence-electron chi connectivity index (χ2n) is 4.83. The number of carboxylic acids is 1. The maximum atomic E-state index is 11.4. The molecule has 0 spiro atoms. The summed E-state index contributed by atoms with van der Waals surface area (Å²) in [6.07, 6.45) is 1.36. The van der Waals surface area contributed by atoms with E-state index >= 15 is 0 Å². The van der Waals surface area contributed by atoms with Crippen molar-refractivity contribution < 1.29 is 24.2 Å². The molecule has 0 aliphatic rings. The van der Waals surface area contributed by atoms with Crippen LogP contribution < -0.4 is 0 Å². The monoisotopic (exact) mass is 270 g/mol. The van der Waals surface area contributed by atoms with Crippen molar-refractivity contribution in [3.05, 3.63) is 12.2 Å². The van der Waals surface area contributed by atoms with Gasteiger partial charge in [0.2, 0.25) is 0 Å². The van der Waals surface area contributed by atoms with Crippen molar-refractivity contribution in [1.82, 2.24) is 0 Å². The van der Waals surface area contributed by atoms with Crippen LogP contribution in [0.15, 0.2) is 12.2 Å². The molecule has 1 N–H and O–H groups in total. The average Bonchev–Trinajstić information content (AvgIpc) is 2.33. The van der Waals surface area contributed by atoms with Crippen LogP contribution in [0.1, 0.15) is 46.5 Å². The van der Waals surface area contributed by atoms with Gasteiger partial charge in [-0.05, 0) is 26.2 Å². The minimum atomic E-state index is -1.04. The Balaban J connectivity index is 4.62. The summed E-state index contributed by atoms with van der Waals surface area (Å²) in [5.74, 6) is -1.86. The number of carbonyl (C=O) groups excluding carboxylic acids is 2. The molecule has 0 aliphatic carbocycles. The van der Waals surface area contributed by atoms with Crippen molar-refractivity contribution in [2.24, 2.45) is 5.41 Å². The smallest absolute Gasteiger partial charge is 0.330 e. The molecular formula is C14H22O5. The largest absolute Gasteiger partial charge is 0.478 e. The van der Waals surface area contributed by atoms with Crippen LogP contribution in [-0.4, -0.2) is 29.4 Å². The second kappa shape index (κ2) is 7.71. The first-order valence-corrected chi connectivity index (χ1v) is 6.32. The molecule has 0 fully saturated rings. The van der Waals surface area contributed by atoms with E-state index in [1.807, 2.05) is 13.8 Å². The number of carboxylic acid groups (broad SMARTS) is 1. The highest BCUT2D eigenvalue weighted by Crippen LogP contribution is 2.34. The zero-order valence-corrected chi connectivity index (χ0v) is 11.8. The molecule has 19 heavy (non-hydrogen) atoms. The summed E-state index contributed by atoms with van der Waals surface area (Å²) in [7, 11) is 0. The summed E-state index contributed by atoms with van der Waals surface area (Å²) in [6.45, 7) is 8.77. The number of ether oxygens (including phenoxy) is 1. The third kappa shape index (κ3) is 6.18. The van der Waals surface area contributed by atoms with Crippen LogP contribution in [0.25, 0.3) is 0 Å². The Bertz CT molecular complexity index is 366. The average molecular weight is 270 g/mol. The van der Waals surface area contributed by atoms with Crippen molar-refractivity contribution in [2.75, 3.05) is 6.61 Å². The van der Waals surface area contributed by atoms with E-state index in [9.17, 15) is 14.4 Å². The quantitative estimate of drug-likeness (QED) is 0.395. The van der Waals surface area contributed by atoms with Gasteiger partial charge in [0.05, 0.1) is 6.61 Å². The Morgan fingerprint density at radius 2 is 1.74 bits per heavy atom. The lowest BCUT2D eigenvalue weighted by molar-refractivity contribution is -0.149. The van der Waals surface area contributed by atoms with E-state index in [0.29, 0.717) is 12.8 Å². The molecule has 0 rings (SSSR count). The molecule has 0 heterocycles. The highest BCUT2D eigenvalue weighted by atomic mass is 16.5. The van der Waals surface area contributed by atoms with Gasteiger partial charge in [0.1, 0.15) is 12.2 Å². The Morgan fingerprint density at radius 1 is 1.21 bits per heavy atom. The Morgan fingerprint density at radius 3 is 2.11 bits per heavy atom. The fourth-order valence-corrected chi connectivity index (χ4v) is 1.77. The van der Waals surface area contributed by atoms with Crippen LogP contribution >= 0.6 is 0 Å². The number of esters is 1. The van der Waals surface area contributed by atoms with Gasteiger partial charge < -0.3 is 9.84 Å². The second-order valence-corrected chi connectivity index (χ2v) is 4.83. The van der Waals surface area contributed by atoms with E-state index < -0.39 is 17.4 Å². The van der Waals surface area contributed by atoms with Gasteiger partial charge in [-0.2, -0.15) is 0 Å². The number of hydrogen-bond donors (Lipinski definition) is 1.